The van der Waals surface area contributed by atoms with E-state index >= 15 is 0 Å². The molecule has 23 heavy (non-hydrogen) atoms. The van der Waals surface area contributed by atoms with E-state index in [2.05, 4.69) is 0 Å². The van der Waals surface area contributed by atoms with Crippen LogP contribution in [0.5, 0.6) is 5.75 Å². The number of carbonyl (C=O) groups is 2. The molecule has 0 saturated carbocycles. The summed E-state index contributed by atoms with van der Waals surface area (Å²) in [6.45, 7) is 0.977. The summed E-state index contributed by atoms with van der Waals surface area (Å²) >= 11 is 0. The van der Waals surface area contributed by atoms with Crippen LogP contribution in [0.25, 0.3) is 5.76 Å². The maximum Gasteiger partial charge on any atom is 0.377 e. The maximum absolute atomic E-state index is 11.5. The van der Waals surface area contributed by atoms with Crippen molar-refractivity contribution < 1.29 is 34.0 Å². The van der Waals surface area contributed by atoms with Crippen LogP contribution in [0.2, 0.25) is 0 Å². The molecule has 0 spiro atoms. The number of aliphatic hydroxyl groups is 1. The number of hydrogen-bond acceptors (Lipinski definition) is 6. The van der Waals surface area contributed by atoms with Crippen molar-refractivity contribution in [1.82, 2.24) is 0 Å². The number of ketones is 1. The molecular weight excluding hydrogens is 304 g/mol. The SMILES string of the molecule is COCCOCOc1ccc2c(c1)CCC(C(=O)C(=O)O)=C2O. The van der Waals surface area contributed by atoms with Crippen molar-refractivity contribution in [2.75, 3.05) is 27.1 Å². The Balaban J connectivity index is 2.08. The lowest BCUT2D eigenvalue weighted by molar-refractivity contribution is -0.147. The quantitative estimate of drug-likeness (QED) is 0.425. The fraction of sp³-hybridized carbons (Fsp3) is 0.375. The summed E-state index contributed by atoms with van der Waals surface area (Å²) in [6.07, 6.45) is 0.632. The predicted octanol–water partition coefficient (Wildman–Crippen LogP) is 1.55. The van der Waals surface area contributed by atoms with Crippen LogP contribution in [-0.2, 0) is 25.5 Å². The number of benzene rings is 1. The number of aliphatic hydroxyl groups excluding tert-OH is 1. The van der Waals surface area contributed by atoms with Crippen LogP contribution < -0.4 is 4.74 Å². The van der Waals surface area contributed by atoms with Crippen molar-refractivity contribution in [2.24, 2.45) is 0 Å². The number of aryl methyl sites for hydroxylation is 1. The summed E-state index contributed by atoms with van der Waals surface area (Å²) in [5.74, 6) is -2.34. The molecule has 1 aromatic rings. The molecule has 0 amide bonds. The van der Waals surface area contributed by atoms with Crippen molar-refractivity contribution in [1.29, 1.82) is 0 Å². The summed E-state index contributed by atoms with van der Waals surface area (Å²) in [7, 11) is 1.58. The minimum atomic E-state index is -1.57. The molecule has 0 atom stereocenters. The largest absolute Gasteiger partial charge is 0.507 e. The molecule has 2 rings (SSSR count). The van der Waals surface area contributed by atoms with Gasteiger partial charge < -0.3 is 24.4 Å². The minimum absolute atomic E-state index is 0.0680. The number of hydrogen-bond donors (Lipinski definition) is 2. The molecule has 0 aliphatic heterocycles. The Hall–Kier alpha value is -2.38. The highest BCUT2D eigenvalue weighted by Gasteiger charge is 2.27. The molecule has 0 unspecified atom stereocenters. The molecule has 1 aliphatic carbocycles. The number of fused-ring (bicyclic) bond motifs is 1. The molecule has 7 heteroatoms. The molecule has 2 N–H and O–H groups in total. The molecule has 1 aliphatic rings. The molecule has 0 saturated heterocycles. The molecular formula is C16H18O7. The Morgan fingerprint density at radius 3 is 2.70 bits per heavy atom. The van der Waals surface area contributed by atoms with Crippen LogP contribution >= 0.6 is 0 Å². The van der Waals surface area contributed by atoms with Crippen molar-refractivity contribution in [3.63, 3.8) is 0 Å². The average molecular weight is 322 g/mol. The monoisotopic (exact) mass is 322 g/mol. The van der Waals surface area contributed by atoms with E-state index in [0.717, 1.165) is 5.56 Å². The highest BCUT2D eigenvalue weighted by Crippen LogP contribution is 2.32. The van der Waals surface area contributed by atoms with E-state index in [9.17, 15) is 14.7 Å². The van der Waals surface area contributed by atoms with E-state index in [1.165, 1.54) is 0 Å². The highest BCUT2D eigenvalue weighted by molar-refractivity contribution is 6.41. The van der Waals surface area contributed by atoms with Crippen LogP contribution in [0.3, 0.4) is 0 Å². The number of carbonyl (C=O) groups excluding carboxylic acids is 1. The van der Waals surface area contributed by atoms with Gasteiger partial charge >= 0.3 is 5.97 Å². The van der Waals surface area contributed by atoms with Crippen molar-refractivity contribution in [3.8, 4) is 5.75 Å². The lowest BCUT2D eigenvalue weighted by atomic mass is 9.88. The molecule has 7 nitrogen and oxygen atoms in total. The lowest BCUT2D eigenvalue weighted by Crippen LogP contribution is -2.20. The third-order valence-electron chi connectivity index (χ3n) is 3.47. The van der Waals surface area contributed by atoms with Gasteiger partial charge in [0.05, 0.1) is 13.2 Å². The second-order valence-corrected chi connectivity index (χ2v) is 4.94. The van der Waals surface area contributed by atoms with Gasteiger partial charge in [-0.15, -0.1) is 0 Å². The van der Waals surface area contributed by atoms with E-state index in [1.54, 1.807) is 25.3 Å². The second kappa shape index (κ2) is 7.75. The van der Waals surface area contributed by atoms with Gasteiger partial charge in [0.2, 0.25) is 0 Å². The zero-order chi connectivity index (χ0) is 16.8. The number of ether oxygens (including phenoxy) is 3. The van der Waals surface area contributed by atoms with Gasteiger partial charge in [-0.25, -0.2) is 4.79 Å². The predicted molar refractivity (Wildman–Crippen MR) is 80.3 cm³/mol. The zero-order valence-corrected chi connectivity index (χ0v) is 12.7. The Bertz CT molecular complexity index is 633. The maximum atomic E-state index is 11.5. The molecule has 0 heterocycles. The number of aliphatic carboxylic acids is 1. The number of Topliss-reactive ketones (excluding diaryl/α,β-unsaturated/α-hetero) is 1. The van der Waals surface area contributed by atoms with E-state index in [0.29, 0.717) is 30.9 Å². The van der Waals surface area contributed by atoms with E-state index in [4.69, 9.17) is 19.3 Å². The van der Waals surface area contributed by atoms with Crippen molar-refractivity contribution >= 4 is 17.5 Å². The number of methoxy groups -OCH3 is 1. The number of rotatable bonds is 8. The van der Waals surface area contributed by atoms with E-state index in [1.807, 2.05) is 0 Å². The number of carboxylic acid groups (broad SMARTS) is 1. The van der Waals surface area contributed by atoms with Gasteiger partial charge in [0.1, 0.15) is 11.5 Å². The van der Waals surface area contributed by atoms with Crippen molar-refractivity contribution in [3.05, 3.63) is 34.9 Å². The summed E-state index contributed by atoms with van der Waals surface area (Å²) in [5, 5.41) is 18.9. The lowest BCUT2D eigenvalue weighted by Gasteiger charge is -2.19. The Kier molecular flexibility index (Phi) is 5.72. The molecule has 0 radical (unpaired) electrons. The van der Waals surface area contributed by atoms with Crippen LogP contribution in [0.15, 0.2) is 23.8 Å². The second-order valence-electron chi connectivity index (χ2n) is 4.94. The Morgan fingerprint density at radius 2 is 2.00 bits per heavy atom. The fourth-order valence-corrected chi connectivity index (χ4v) is 2.30. The van der Waals surface area contributed by atoms with E-state index < -0.39 is 11.8 Å². The standard InChI is InChI=1S/C16H18O7/c1-21-6-7-22-9-23-11-3-5-12-10(8-11)2-4-13(14(12)17)15(18)16(19)20/h3,5,8,17H,2,4,6-7,9H2,1H3,(H,19,20). The van der Waals surface area contributed by atoms with Gasteiger partial charge in [-0.1, -0.05) is 0 Å². The van der Waals surface area contributed by atoms with Gasteiger partial charge in [-0.05, 0) is 36.6 Å². The number of carboxylic acids is 1. The van der Waals surface area contributed by atoms with Crippen LogP contribution in [0, 0.1) is 0 Å². The third-order valence-corrected chi connectivity index (χ3v) is 3.47. The van der Waals surface area contributed by atoms with Crippen LogP contribution in [0.4, 0.5) is 0 Å². The Morgan fingerprint density at radius 1 is 1.22 bits per heavy atom. The molecule has 0 bridgehead atoms. The van der Waals surface area contributed by atoms with Gasteiger partial charge in [0.25, 0.3) is 5.78 Å². The Labute approximate surface area is 133 Å². The minimum Gasteiger partial charge on any atom is -0.507 e. The first-order valence-corrected chi connectivity index (χ1v) is 7.07. The van der Waals surface area contributed by atoms with Crippen LogP contribution in [-0.4, -0.2) is 49.1 Å². The smallest absolute Gasteiger partial charge is 0.377 e. The van der Waals surface area contributed by atoms with Crippen LogP contribution in [0.1, 0.15) is 17.5 Å². The first-order valence-electron chi connectivity index (χ1n) is 7.07. The molecule has 0 fully saturated rings. The third kappa shape index (κ3) is 4.08. The first kappa shape index (κ1) is 17.0. The van der Waals surface area contributed by atoms with Crippen molar-refractivity contribution in [2.45, 2.75) is 12.8 Å². The highest BCUT2D eigenvalue weighted by atomic mass is 16.7. The normalized spacial score (nSPS) is 13.6. The van der Waals surface area contributed by atoms with Gasteiger partial charge in [-0.2, -0.15) is 0 Å². The van der Waals surface area contributed by atoms with E-state index in [-0.39, 0.29) is 24.5 Å². The summed E-state index contributed by atoms with van der Waals surface area (Å²) < 4.78 is 15.5. The fourth-order valence-electron chi connectivity index (χ4n) is 2.30. The zero-order valence-electron chi connectivity index (χ0n) is 12.7. The summed E-state index contributed by atoms with van der Waals surface area (Å²) in [6, 6.07) is 4.97. The van der Waals surface area contributed by atoms with Gasteiger partial charge in [-0.3, -0.25) is 4.79 Å². The topological polar surface area (TPSA) is 102 Å². The molecule has 0 aromatic heterocycles. The molecule has 124 valence electrons. The van der Waals surface area contributed by atoms with Gasteiger partial charge in [0, 0.05) is 18.2 Å². The first-order chi connectivity index (χ1) is 11.0. The summed E-state index contributed by atoms with van der Waals surface area (Å²) in [4.78, 5) is 22.3. The van der Waals surface area contributed by atoms with Gasteiger partial charge in [0.15, 0.2) is 6.79 Å². The summed E-state index contributed by atoms with van der Waals surface area (Å²) in [5.41, 5.74) is 1.17. The molecule has 1 aromatic carbocycles. The average Bonchev–Trinajstić information content (AvgIpc) is 2.54.